The van der Waals surface area contributed by atoms with Crippen molar-refractivity contribution in [2.24, 2.45) is 0 Å². The minimum absolute atomic E-state index is 0.412. The number of rotatable bonds is 3. The monoisotopic (exact) mass is 266 g/mol. The summed E-state index contributed by atoms with van der Waals surface area (Å²) in [6.07, 6.45) is 1.67. The summed E-state index contributed by atoms with van der Waals surface area (Å²) >= 11 is 1.91. The molecule has 1 fully saturated rings. The van der Waals surface area contributed by atoms with Gasteiger partial charge in [-0.25, -0.2) is 0 Å². The zero-order valence-corrected chi connectivity index (χ0v) is 12.3. The molecule has 0 spiro atoms. The molecule has 0 amide bonds. The van der Waals surface area contributed by atoms with Gasteiger partial charge in [-0.3, -0.25) is 0 Å². The molecule has 2 rings (SSSR count). The number of aliphatic hydroxyl groups is 1. The Kier molecular flexibility index (Phi) is 4.23. The van der Waals surface area contributed by atoms with Gasteiger partial charge in [0.05, 0.1) is 0 Å². The molecule has 1 aliphatic heterocycles. The lowest BCUT2D eigenvalue weighted by Gasteiger charge is -2.31. The summed E-state index contributed by atoms with van der Waals surface area (Å²) in [5.41, 5.74) is 3.18. The normalized spacial score (nSPS) is 18.7. The van der Waals surface area contributed by atoms with E-state index in [1.807, 2.05) is 11.8 Å². The molecule has 1 aliphatic rings. The first-order valence-electron chi connectivity index (χ1n) is 6.51. The third-order valence-corrected chi connectivity index (χ3v) is 4.82. The van der Waals surface area contributed by atoms with Gasteiger partial charge < -0.3 is 9.84 Å². The highest BCUT2D eigenvalue weighted by molar-refractivity contribution is 7.99. The number of aryl methyl sites for hydroxylation is 2. The molecule has 1 N–H and O–H groups in total. The van der Waals surface area contributed by atoms with E-state index in [4.69, 9.17) is 4.74 Å². The van der Waals surface area contributed by atoms with Crippen LogP contribution in [0.1, 0.15) is 29.5 Å². The van der Waals surface area contributed by atoms with Gasteiger partial charge >= 0.3 is 0 Å². The Bertz CT molecular complexity index is 399. The van der Waals surface area contributed by atoms with Gasteiger partial charge in [-0.2, -0.15) is 11.8 Å². The number of hydrogen-bond donors (Lipinski definition) is 1. The van der Waals surface area contributed by atoms with Gasteiger partial charge in [0.15, 0.2) is 0 Å². The Morgan fingerprint density at radius 2 is 1.72 bits per heavy atom. The molecule has 1 saturated heterocycles. The van der Waals surface area contributed by atoms with Crippen molar-refractivity contribution >= 4 is 11.8 Å². The van der Waals surface area contributed by atoms with E-state index in [2.05, 4.69) is 32.9 Å². The fourth-order valence-electron chi connectivity index (χ4n) is 2.19. The highest BCUT2D eigenvalue weighted by Crippen LogP contribution is 2.28. The maximum Gasteiger partial charge on any atom is 0.120 e. The molecule has 1 heterocycles. The van der Waals surface area contributed by atoms with Crippen molar-refractivity contribution in [1.82, 2.24) is 0 Å². The lowest BCUT2D eigenvalue weighted by molar-refractivity contribution is -0.0116. The van der Waals surface area contributed by atoms with Crippen LogP contribution in [0.3, 0.4) is 0 Å². The Morgan fingerprint density at radius 3 is 2.28 bits per heavy atom. The van der Waals surface area contributed by atoms with Crippen LogP contribution >= 0.6 is 11.8 Å². The standard InChI is InChI=1S/C15H22O2S/c1-11-8-14(9-12(2)13(11)3)17-10-15(16)4-6-18-7-5-15/h8-9,16H,4-7,10H2,1-3H3. The van der Waals surface area contributed by atoms with Gasteiger partial charge in [0.25, 0.3) is 0 Å². The SMILES string of the molecule is Cc1cc(OCC2(O)CCSCC2)cc(C)c1C. The topological polar surface area (TPSA) is 29.5 Å². The molecule has 2 nitrogen and oxygen atoms in total. The number of thioether (sulfide) groups is 1. The first-order valence-corrected chi connectivity index (χ1v) is 7.66. The molecule has 0 saturated carbocycles. The minimum Gasteiger partial charge on any atom is -0.491 e. The molecule has 0 aromatic heterocycles. The molecule has 3 heteroatoms. The summed E-state index contributed by atoms with van der Waals surface area (Å²) in [5, 5.41) is 10.4. The Labute approximate surface area is 114 Å². The van der Waals surface area contributed by atoms with Crippen molar-refractivity contribution in [3.63, 3.8) is 0 Å². The second kappa shape index (κ2) is 5.54. The average Bonchev–Trinajstić information content (AvgIpc) is 2.34. The molecule has 0 atom stereocenters. The predicted molar refractivity (Wildman–Crippen MR) is 77.7 cm³/mol. The average molecular weight is 266 g/mol. The second-order valence-electron chi connectivity index (χ2n) is 5.31. The first kappa shape index (κ1) is 13.8. The van der Waals surface area contributed by atoms with E-state index in [0.717, 1.165) is 30.1 Å². The third-order valence-electron chi connectivity index (χ3n) is 3.83. The van der Waals surface area contributed by atoms with Gasteiger partial charge in [0.1, 0.15) is 18.0 Å². The maximum atomic E-state index is 10.4. The van der Waals surface area contributed by atoms with Crippen LogP contribution in [0.15, 0.2) is 12.1 Å². The quantitative estimate of drug-likeness (QED) is 0.910. The summed E-state index contributed by atoms with van der Waals surface area (Å²) in [4.78, 5) is 0. The molecular weight excluding hydrogens is 244 g/mol. The van der Waals surface area contributed by atoms with Gasteiger partial charge in [-0.15, -0.1) is 0 Å². The van der Waals surface area contributed by atoms with E-state index in [9.17, 15) is 5.11 Å². The van der Waals surface area contributed by atoms with Crippen LogP contribution < -0.4 is 4.74 Å². The van der Waals surface area contributed by atoms with E-state index in [1.54, 1.807) is 0 Å². The van der Waals surface area contributed by atoms with Crippen molar-refractivity contribution in [2.75, 3.05) is 18.1 Å². The van der Waals surface area contributed by atoms with Gasteiger partial charge in [0, 0.05) is 0 Å². The van der Waals surface area contributed by atoms with Crippen LogP contribution in [0.4, 0.5) is 0 Å². The predicted octanol–water partition coefficient (Wildman–Crippen LogP) is 3.25. The zero-order chi connectivity index (χ0) is 13.2. The summed E-state index contributed by atoms with van der Waals surface area (Å²) in [6.45, 7) is 6.73. The minimum atomic E-state index is -0.627. The van der Waals surface area contributed by atoms with Gasteiger partial charge in [0.2, 0.25) is 0 Å². The Hall–Kier alpha value is -0.670. The summed E-state index contributed by atoms with van der Waals surface area (Å²) in [5.74, 6) is 2.94. The van der Waals surface area contributed by atoms with E-state index in [0.29, 0.717) is 6.61 Å². The van der Waals surface area contributed by atoms with Crippen molar-refractivity contribution in [1.29, 1.82) is 0 Å². The van der Waals surface area contributed by atoms with Crippen LogP contribution in [0, 0.1) is 20.8 Å². The van der Waals surface area contributed by atoms with E-state index >= 15 is 0 Å². The molecule has 1 aromatic rings. The summed E-state index contributed by atoms with van der Waals surface area (Å²) in [6, 6.07) is 4.12. The van der Waals surface area contributed by atoms with Crippen molar-refractivity contribution in [2.45, 2.75) is 39.2 Å². The Balaban J connectivity index is 2.01. The van der Waals surface area contributed by atoms with Crippen LogP contribution in [-0.4, -0.2) is 28.8 Å². The molecular formula is C15H22O2S. The van der Waals surface area contributed by atoms with Crippen molar-refractivity contribution in [3.05, 3.63) is 28.8 Å². The molecule has 0 aliphatic carbocycles. The van der Waals surface area contributed by atoms with Crippen LogP contribution in [0.5, 0.6) is 5.75 Å². The van der Waals surface area contributed by atoms with Crippen molar-refractivity contribution in [3.8, 4) is 5.75 Å². The largest absolute Gasteiger partial charge is 0.491 e. The third kappa shape index (κ3) is 3.21. The maximum absolute atomic E-state index is 10.4. The molecule has 18 heavy (non-hydrogen) atoms. The number of benzene rings is 1. The fraction of sp³-hybridized carbons (Fsp3) is 0.600. The van der Waals surface area contributed by atoms with Gasteiger partial charge in [-0.1, -0.05) is 0 Å². The summed E-state index contributed by atoms with van der Waals surface area (Å²) in [7, 11) is 0. The van der Waals surface area contributed by atoms with Crippen molar-refractivity contribution < 1.29 is 9.84 Å². The lowest BCUT2D eigenvalue weighted by atomic mass is 9.98. The molecule has 0 bridgehead atoms. The molecule has 0 unspecified atom stereocenters. The Morgan fingerprint density at radius 1 is 1.17 bits per heavy atom. The molecule has 1 aromatic carbocycles. The molecule has 100 valence electrons. The van der Waals surface area contributed by atoms with Gasteiger partial charge in [-0.05, 0) is 73.9 Å². The summed E-state index contributed by atoms with van der Waals surface area (Å²) < 4.78 is 5.81. The molecule has 0 radical (unpaired) electrons. The number of ether oxygens (including phenoxy) is 1. The van der Waals surface area contributed by atoms with Crippen LogP contribution in [0.2, 0.25) is 0 Å². The highest BCUT2D eigenvalue weighted by atomic mass is 32.2. The van der Waals surface area contributed by atoms with Crippen LogP contribution in [-0.2, 0) is 0 Å². The van der Waals surface area contributed by atoms with E-state index < -0.39 is 5.60 Å². The first-order chi connectivity index (χ1) is 8.50. The van der Waals surface area contributed by atoms with E-state index in [1.165, 1.54) is 16.7 Å². The zero-order valence-electron chi connectivity index (χ0n) is 11.5. The lowest BCUT2D eigenvalue weighted by Crippen LogP contribution is -2.39. The number of hydrogen-bond acceptors (Lipinski definition) is 3. The van der Waals surface area contributed by atoms with E-state index in [-0.39, 0.29) is 0 Å². The highest BCUT2D eigenvalue weighted by Gasteiger charge is 2.30. The van der Waals surface area contributed by atoms with Crippen LogP contribution in [0.25, 0.3) is 0 Å². The second-order valence-corrected chi connectivity index (χ2v) is 6.53. The smallest absolute Gasteiger partial charge is 0.120 e. The fourth-order valence-corrected chi connectivity index (χ4v) is 3.45.